The van der Waals surface area contributed by atoms with Crippen LogP contribution in [0.25, 0.3) is 0 Å². The number of nitrogens with zero attached hydrogens (tertiary/aromatic N) is 2. The second-order valence-corrected chi connectivity index (χ2v) is 3.82. The molecule has 0 aliphatic carbocycles. The van der Waals surface area contributed by atoms with E-state index in [1.54, 1.807) is 7.11 Å². The molecule has 0 aliphatic rings. The smallest absolute Gasteiger partial charge is 0.0641 e. The minimum absolute atomic E-state index is 0.383. The molecule has 0 fully saturated rings. The molecule has 1 aromatic heterocycles. The highest BCUT2D eigenvalue weighted by Crippen LogP contribution is 2.20. The van der Waals surface area contributed by atoms with Crippen LogP contribution >= 0.6 is 0 Å². The van der Waals surface area contributed by atoms with Crippen LogP contribution in [0.3, 0.4) is 0 Å². The third kappa shape index (κ3) is 3.32. The molecule has 0 bridgehead atoms. The quantitative estimate of drug-likeness (QED) is 0.723. The largest absolute Gasteiger partial charge is 0.385 e. The van der Waals surface area contributed by atoms with E-state index in [1.165, 1.54) is 5.56 Å². The zero-order valence-corrected chi connectivity index (χ0v) is 10.1. The average Bonchev–Trinajstić information content (AvgIpc) is 2.53. The van der Waals surface area contributed by atoms with Gasteiger partial charge in [0, 0.05) is 38.6 Å². The number of aryl methyl sites for hydroxylation is 2. The fraction of sp³-hybridized carbons (Fsp3) is 0.727. The first-order valence-corrected chi connectivity index (χ1v) is 5.35. The molecular formula is C11H21N3O. The number of ether oxygens (including phenoxy) is 1. The number of methoxy groups -OCH3 is 1. The highest BCUT2D eigenvalue weighted by atomic mass is 16.5. The van der Waals surface area contributed by atoms with Gasteiger partial charge in [0.2, 0.25) is 0 Å². The van der Waals surface area contributed by atoms with Crippen molar-refractivity contribution in [2.75, 3.05) is 20.8 Å². The molecule has 0 radical (unpaired) electrons. The first-order chi connectivity index (χ1) is 7.19. The Kier molecular flexibility index (Phi) is 4.78. The van der Waals surface area contributed by atoms with Crippen molar-refractivity contribution in [2.45, 2.75) is 25.8 Å². The summed E-state index contributed by atoms with van der Waals surface area (Å²) in [5, 5.41) is 7.68. The van der Waals surface area contributed by atoms with Crippen LogP contribution in [-0.2, 0) is 11.8 Å². The summed E-state index contributed by atoms with van der Waals surface area (Å²) in [7, 11) is 5.69. The summed E-state index contributed by atoms with van der Waals surface area (Å²) in [6, 6.07) is 0.383. The molecule has 0 amide bonds. The van der Waals surface area contributed by atoms with Crippen molar-refractivity contribution in [3.8, 4) is 0 Å². The van der Waals surface area contributed by atoms with Crippen LogP contribution in [-0.4, -0.2) is 30.5 Å². The van der Waals surface area contributed by atoms with Gasteiger partial charge in [-0.3, -0.25) is 4.68 Å². The minimum Gasteiger partial charge on any atom is -0.385 e. The first-order valence-electron chi connectivity index (χ1n) is 5.35. The van der Waals surface area contributed by atoms with Crippen molar-refractivity contribution in [3.05, 3.63) is 17.5 Å². The van der Waals surface area contributed by atoms with E-state index >= 15 is 0 Å². The van der Waals surface area contributed by atoms with Crippen molar-refractivity contribution in [1.82, 2.24) is 15.1 Å². The summed E-state index contributed by atoms with van der Waals surface area (Å²) in [6.07, 6.45) is 4.23. The predicted molar refractivity (Wildman–Crippen MR) is 60.9 cm³/mol. The van der Waals surface area contributed by atoms with E-state index in [0.29, 0.717) is 6.04 Å². The molecule has 0 aromatic carbocycles. The van der Waals surface area contributed by atoms with Crippen LogP contribution in [0.15, 0.2) is 6.20 Å². The molecule has 0 saturated carbocycles. The van der Waals surface area contributed by atoms with Gasteiger partial charge in [-0.15, -0.1) is 0 Å². The summed E-state index contributed by atoms with van der Waals surface area (Å²) < 4.78 is 6.93. The molecule has 1 unspecified atom stereocenters. The van der Waals surface area contributed by atoms with Gasteiger partial charge in [0.1, 0.15) is 0 Å². The number of rotatable bonds is 6. The van der Waals surface area contributed by atoms with E-state index in [2.05, 4.69) is 23.5 Å². The van der Waals surface area contributed by atoms with Crippen molar-refractivity contribution in [1.29, 1.82) is 0 Å². The Balaban J connectivity index is 2.61. The van der Waals surface area contributed by atoms with Gasteiger partial charge in [0.05, 0.1) is 5.69 Å². The highest BCUT2D eigenvalue weighted by molar-refractivity contribution is 5.19. The Labute approximate surface area is 91.6 Å². The maximum atomic E-state index is 5.06. The molecule has 0 aliphatic heterocycles. The molecule has 4 nitrogen and oxygen atoms in total. The standard InChI is InChI=1S/C11H21N3O/c1-9-10(8-14(3)13-9)11(12-2)6-5-7-15-4/h8,11-12H,5-7H2,1-4H3. The summed E-state index contributed by atoms with van der Waals surface area (Å²) >= 11 is 0. The lowest BCUT2D eigenvalue weighted by molar-refractivity contribution is 0.189. The van der Waals surface area contributed by atoms with Gasteiger partial charge in [-0.25, -0.2) is 0 Å². The Morgan fingerprint density at radius 2 is 2.33 bits per heavy atom. The molecule has 1 heterocycles. The van der Waals surface area contributed by atoms with E-state index < -0.39 is 0 Å². The molecule has 0 saturated heterocycles. The third-order valence-electron chi connectivity index (χ3n) is 2.62. The van der Waals surface area contributed by atoms with Crippen LogP contribution in [0.4, 0.5) is 0 Å². The van der Waals surface area contributed by atoms with E-state index in [9.17, 15) is 0 Å². The lowest BCUT2D eigenvalue weighted by Crippen LogP contribution is -2.17. The van der Waals surface area contributed by atoms with Crippen LogP contribution in [0.1, 0.15) is 30.1 Å². The maximum absolute atomic E-state index is 5.06. The lowest BCUT2D eigenvalue weighted by atomic mass is 10.0. The summed E-state index contributed by atoms with van der Waals surface area (Å²) in [4.78, 5) is 0. The van der Waals surface area contributed by atoms with E-state index in [0.717, 1.165) is 25.1 Å². The summed E-state index contributed by atoms with van der Waals surface area (Å²) in [6.45, 7) is 2.87. The fourth-order valence-corrected chi connectivity index (χ4v) is 1.85. The molecule has 15 heavy (non-hydrogen) atoms. The Morgan fingerprint density at radius 1 is 1.60 bits per heavy atom. The van der Waals surface area contributed by atoms with Crippen molar-refractivity contribution >= 4 is 0 Å². The Bertz CT molecular complexity index is 296. The maximum Gasteiger partial charge on any atom is 0.0641 e. The topological polar surface area (TPSA) is 39.1 Å². The van der Waals surface area contributed by atoms with Crippen molar-refractivity contribution in [3.63, 3.8) is 0 Å². The summed E-state index contributed by atoms with van der Waals surface area (Å²) in [5.41, 5.74) is 2.39. The first kappa shape index (κ1) is 12.2. The van der Waals surface area contributed by atoms with Gasteiger partial charge in [-0.1, -0.05) is 0 Å². The molecule has 1 aromatic rings. The monoisotopic (exact) mass is 211 g/mol. The molecule has 86 valence electrons. The number of hydrogen-bond donors (Lipinski definition) is 1. The second-order valence-electron chi connectivity index (χ2n) is 3.82. The number of aromatic nitrogens is 2. The zero-order valence-electron chi connectivity index (χ0n) is 10.1. The lowest BCUT2D eigenvalue weighted by Gasteiger charge is -2.14. The average molecular weight is 211 g/mol. The predicted octanol–water partition coefficient (Wildman–Crippen LogP) is 1.42. The van der Waals surface area contributed by atoms with E-state index in [1.807, 2.05) is 18.8 Å². The second kappa shape index (κ2) is 5.88. The van der Waals surface area contributed by atoms with Gasteiger partial charge in [0.25, 0.3) is 0 Å². The van der Waals surface area contributed by atoms with Gasteiger partial charge in [-0.05, 0) is 26.8 Å². The number of nitrogens with one attached hydrogen (secondary N) is 1. The molecule has 0 spiro atoms. The van der Waals surface area contributed by atoms with Crippen LogP contribution in [0.5, 0.6) is 0 Å². The third-order valence-corrected chi connectivity index (χ3v) is 2.62. The van der Waals surface area contributed by atoms with E-state index in [4.69, 9.17) is 4.74 Å². The van der Waals surface area contributed by atoms with Gasteiger partial charge in [0.15, 0.2) is 0 Å². The normalized spacial score (nSPS) is 13.1. The SMILES string of the molecule is CNC(CCCOC)c1cn(C)nc1C. The van der Waals surface area contributed by atoms with Gasteiger partial charge < -0.3 is 10.1 Å². The molecular weight excluding hydrogens is 190 g/mol. The molecule has 4 heteroatoms. The van der Waals surface area contributed by atoms with E-state index in [-0.39, 0.29) is 0 Å². The number of hydrogen-bond acceptors (Lipinski definition) is 3. The minimum atomic E-state index is 0.383. The fourth-order valence-electron chi connectivity index (χ4n) is 1.85. The van der Waals surface area contributed by atoms with Crippen molar-refractivity contribution in [2.24, 2.45) is 7.05 Å². The summed E-state index contributed by atoms with van der Waals surface area (Å²) in [5.74, 6) is 0. The van der Waals surface area contributed by atoms with Crippen LogP contribution in [0.2, 0.25) is 0 Å². The van der Waals surface area contributed by atoms with Crippen molar-refractivity contribution < 1.29 is 4.74 Å². The Hall–Kier alpha value is -0.870. The van der Waals surface area contributed by atoms with Gasteiger partial charge in [-0.2, -0.15) is 5.10 Å². The highest BCUT2D eigenvalue weighted by Gasteiger charge is 2.13. The van der Waals surface area contributed by atoms with Gasteiger partial charge >= 0.3 is 0 Å². The molecule has 1 atom stereocenters. The molecule has 1 rings (SSSR count). The van der Waals surface area contributed by atoms with Crippen LogP contribution < -0.4 is 5.32 Å². The van der Waals surface area contributed by atoms with Crippen LogP contribution in [0, 0.1) is 6.92 Å². The Morgan fingerprint density at radius 3 is 2.80 bits per heavy atom. The zero-order chi connectivity index (χ0) is 11.3. The molecule has 1 N–H and O–H groups in total.